The molecule has 0 aliphatic rings. The zero-order chi connectivity index (χ0) is 72.5. The molecule has 0 aromatic heterocycles. The molecule has 0 fully saturated rings. The number of rotatable bonds is 80. The van der Waals surface area contributed by atoms with E-state index in [-0.39, 0.29) is 25.6 Å². The van der Waals surface area contributed by atoms with E-state index in [9.17, 15) is 19.0 Å². The second-order valence-corrected chi connectivity index (χ2v) is 31.6. The van der Waals surface area contributed by atoms with Gasteiger partial charge in [-0.05, 0) is 96.3 Å². The van der Waals surface area contributed by atoms with Crippen LogP contribution in [0.25, 0.3) is 0 Å². The Balaban J connectivity index is 3.91. The first-order valence-corrected chi connectivity index (χ1v) is 44.5. The molecular weight excluding hydrogens is 1250 g/mol. The van der Waals surface area contributed by atoms with Crippen LogP contribution >= 0.6 is 7.82 Å². The number of phosphoric ester groups is 1. The van der Waals surface area contributed by atoms with Gasteiger partial charge in [-0.1, -0.05) is 400 Å². The number of carbonyl (C=O) groups excluding carboxylic acids is 2. The smallest absolute Gasteiger partial charge is 0.462 e. The number of quaternary nitrogens is 1. The Morgan fingerprint density at radius 1 is 0.320 bits per heavy atom. The van der Waals surface area contributed by atoms with Crippen LogP contribution in [0.1, 0.15) is 412 Å². The fourth-order valence-electron chi connectivity index (χ4n) is 12.6. The summed E-state index contributed by atoms with van der Waals surface area (Å²) in [5.41, 5.74) is 0. The van der Waals surface area contributed by atoms with Gasteiger partial charge in [0.1, 0.15) is 19.8 Å². The van der Waals surface area contributed by atoms with Crippen LogP contribution < -0.4 is 0 Å². The summed E-state index contributed by atoms with van der Waals surface area (Å²) in [5.74, 6) is -0.778. The summed E-state index contributed by atoms with van der Waals surface area (Å²) in [6, 6.07) is 0. The van der Waals surface area contributed by atoms with Crippen molar-refractivity contribution in [3.05, 3.63) is 97.2 Å². The molecule has 0 heterocycles. The van der Waals surface area contributed by atoms with Crippen molar-refractivity contribution in [3.63, 3.8) is 0 Å². The van der Waals surface area contributed by atoms with Crippen LogP contribution in [0, 0.1) is 0 Å². The lowest BCUT2D eigenvalue weighted by Gasteiger charge is -2.24. The number of hydrogen-bond acceptors (Lipinski definition) is 7. The average Bonchev–Trinajstić information content (AvgIpc) is 1.07. The lowest BCUT2D eigenvalue weighted by molar-refractivity contribution is -0.870. The fraction of sp³-hybridized carbons (Fsp3) is 0.800. The number of ether oxygens (including phenoxy) is 2. The van der Waals surface area contributed by atoms with Crippen molar-refractivity contribution in [1.82, 2.24) is 0 Å². The Kier molecular flexibility index (Phi) is 77.6. The molecule has 0 spiro atoms. The topological polar surface area (TPSA) is 108 Å². The first kappa shape index (κ1) is 96.9. The van der Waals surface area contributed by atoms with E-state index >= 15 is 0 Å². The van der Waals surface area contributed by atoms with E-state index in [4.69, 9.17) is 18.5 Å². The van der Waals surface area contributed by atoms with Gasteiger partial charge in [0.05, 0.1) is 27.7 Å². The van der Waals surface area contributed by atoms with E-state index in [0.29, 0.717) is 23.9 Å². The Hall–Kier alpha value is -3.07. The molecule has 100 heavy (non-hydrogen) atoms. The van der Waals surface area contributed by atoms with Gasteiger partial charge in [0, 0.05) is 12.8 Å². The van der Waals surface area contributed by atoms with Crippen LogP contribution in [0.3, 0.4) is 0 Å². The first-order valence-electron chi connectivity index (χ1n) is 43.0. The minimum absolute atomic E-state index is 0.0319. The zero-order valence-corrected chi connectivity index (χ0v) is 67.6. The molecule has 0 amide bonds. The molecule has 0 aromatic carbocycles. The number of allylic oxidation sites excluding steroid dienone is 16. The van der Waals surface area contributed by atoms with Crippen molar-refractivity contribution < 1.29 is 42.1 Å². The fourth-order valence-corrected chi connectivity index (χ4v) is 13.3. The maximum Gasteiger partial charge on any atom is 0.472 e. The largest absolute Gasteiger partial charge is 0.472 e. The molecule has 0 aliphatic heterocycles. The molecule has 2 atom stereocenters. The van der Waals surface area contributed by atoms with Crippen molar-refractivity contribution >= 4 is 19.8 Å². The predicted molar refractivity (Wildman–Crippen MR) is 436 cm³/mol. The molecule has 0 aliphatic carbocycles. The number of esters is 2. The quantitative estimate of drug-likeness (QED) is 0.0211. The second kappa shape index (κ2) is 80.0. The molecule has 0 radical (unpaired) electrons. The van der Waals surface area contributed by atoms with Crippen molar-refractivity contribution in [1.29, 1.82) is 0 Å². The second-order valence-electron chi connectivity index (χ2n) is 30.2. The lowest BCUT2D eigenvalue weighted by Crippen LogP contribution is -2.37. The molecule has 1 N–H and O–H groups in total. The van der Waals surface area contributed by atoms with Gasteiger partial charge in [-0.3, -0.25) is 18.6 Å². The van der Waals surface area contributed by atoms with Crippen LogP contribution in [0.2, 0.25) is 0 Å². The van der Waals surface area contributed by atoms with Gasteiger partial charge in [-0.2, -0.15) is 0 Å². The molecule has 0 bridgehead atoms. The minimum atomic E-state index is -4.40. The minimum Gasteiger partial charge on any atom is -0.462 e. The maximum absolute atomic E-state index is 12.9. The molecule has 9 nitrogen and oxygen atoms in total. The standard InChI is InChI=1S/C90H164NO8P/c1-6-8-10-12-14-16-18-20-22-24-26-28-30-32-34-36-38-40-42-44-45-47-49-51-53-55-57-59-61-63-65-67-69-71-73-75-77-79-81-83-90(93)99-88(87-98-100(94,95)97-85-84-91(3,4)5)86-96-89(92)82-80-78-76-74-72-70-68-66-64-62-60-58-56-54-52-50-48-46-43-41-39-37-35-33-31-29-27-25-23-21-19-17-15-13-11-9-7-2/h8,10,14,16,20,22,25-28,32,34,38,40,44-45,88H,6-7,9,11-13,15,17-19,21,23-24,29-31,33,35-37,39,41-43,46-87H2,1-5H3/p+1/b10-8-,16-14-,22-20-,27-25-,28-26-,34-32-,40-38-,45-44-. The van der Waals surface area contributed by atoms with E-state index in [0.717, 1.165) is 77.0 Å². The average molecular weight is 1420 g/mol. The highest BCUT2D eigenvalue weighted by atomic mass is 31.2. The third-order valence-electron chi connectivity index (χ3n) is 19.1. The molecule has 2 unspecified atom stereocenters. The number of unbranched alkanes of at least 4 members (excludes halogenated alkanes) is 50. The van der Waals surface area contributed by atoms with Crippen molar-refractivity contribution in [3.8, 4) is 0 Å². The molecule has 0 saturated heterocycles. The molecule has 0 saturated carbocycles. The predicted octanol–water partition coefficient (Wildman–Crippen LogP) is 29.0. The van der Waals surface area contributed by atoms with Gasteiger partial charge in [-0.15, -0.1) is 0 Å². The van der Waals surface area contributed by atoms with Gasteiger partial charge in [0.25, 0.3) is 0 Å². The molecule has 582 valence electrons. The van der Waals surface area contributed by atoms with E-state index in [2.05, 4.69) is 111 Å². The Morgan fingerprint density at radius 2 is 0.570 bits per heavy atom. The Morgan fingerprint density at radius 3 is 0.860 bits per heavy atom. The first-order chi connectivity index (χ1) is 49.0. The van der Waals surface area contributed by atoms with E-state index < -0.39 is 26.5 Å². The van der Waals surface area contributed by atoms with Crippen molar-refractivity contribution in [2.24, 2.45) is 0 Å². The summed E-state index contributed by atoms with van der Waals surface area (Å²) in [5, 5.41) is 0. The van der Waals surface area contributed by atoms with Crippen LogP contribution in [0.15, 0.2) is 97.2 Å². The highest BCUT2D eigenvalue weighted by Gasteiger charge is 2.27. The van der Waals surface area contributed by atoms with Crippen LogP contribution in [0.5, 0.6) is 0 Å². The molecule has 10 heteroatoms. The number of likely N-dealkylation sites (N-methyl/N-ethyl adjacent to an activating group) is 1. The summed E-state index contributed by atoms with van der Waals surface area (Å²) < 4.78 is 34.9. The molecule has 0 aromatic rings. The monoisotopic (exact) mass is 1420 g/mol. The summed E-state index contributed by atoms with van der Waals surface area (Å²) in [4.78, 5) is 36.0. The molecule has 0 rings (SSSR count). The highest BCUT2D eigenvalue weighted by Crippen LogP contribution is 2.43. The summed E-state index contributed by atoms with van der Waals surface area (Å²) in [6.07, 6.45) is 113. The number of hydrogen-bond donors (Lipinski definition) is 1. The normalized spacial score (nSPS) is 13.5. The Bertz CT molecular complexity index is 2010. The number of nitrogens with zero attached hydrogens (tertiary/aromatic N) is 1. The number of carbonyl (C=O) groups is 2. The Labute approximate surface area is 621 Å². The molecular formula is C90H165NO8P+. The summed E-state index contributed by atoms with van der Waals surface area (Å²) in [7, 11) is 1.49. The third kappa shape index (κ3) is 83.9. The van der Waals surface area contributed by atoms with Crippen LogP contribution in [0.4, 0.5) is 0 Å². The van der Waals surface area contributed by atoms with Crippen molar-refractivity contribution in [2.45, 2.75) is 418 Å². The van der Waals surface area contributed by atoms with Crippen LogP contribution in [-0.2, 0) is 32.7 Å². The number of phosphoric acid groups is 1. The third-order valence-corrected chi connectivity index (χ3v) is 20.1. The highest BCUT2D eigenvalue weighted by molar-refractivity contribution is 7.47. The van der Waals surface area contributed by atoms with Gasteiger partial charge >= 0.3 is 19.8 Å². The zero-order valence-electron chi connectivity index (χ0n) is 66.7. The SMILES string of the molecule is CC/C=C\C/C=C\C/C=C\C/C=C\C/C=C\C/C=C\C/C=C\CCCCCCCCCCCCCCCCCCCC(=O)OC(COC(=O)CCCCCCCCCCCCCCCCCCCCCCCCCCC/C=C\CCCCCCCCCC)COP(=O)(O)OCC[N+](C)(C)C. The van der Waals surface area contributed by atoms with Crippen LogP contribution in [-0.4, -0.2) is 74.9 Å². The lowest BCUT2D eigenvalue weighted by atomic mass is 10.0. The summed E-state index contributed by atoms with van der Waals surface area (Å²) in [6.45, 7) is 4.38. The van der Waals surface area contributed by atoms with Crippen molar-refractivity contribution in [2.75, 3.05) is 47.5 Å². The van der Waals surface area contributed by atoms with Gasteiger partial charge in [-0.25, -0.2) is 4.57 Å². The van der Waals surface area contributed by atoms with E-state index in [1.165, 1.54) is 302 Å². The summed E-state index contributed by atoms with van der Waals surface area (Å²) >= 11 is 0. The van der Waals surface area contributed by atoms with Gasteiger partial charge in [0.2, 0.25) is 0 Å². The van der Waals surface area contributed by atoms with Gasteiger partial charge in [0.15, 0.2) is 6.10 Å². The van der Waals surface area contributed by atoms with E-state index in [1.807, 2.05) is 21.1 Å². The van der Waals surface area contributed by atoms with E-state index in [1.54, 1.807) is 0 Å². The maximum atomic E-state index is 12.9. The van der Waals surface area contributed by atoms with Gasteiger partial charge < -0.3 is 18.9 Å².